The highest BCUT2D eigenvalue weighted by Crippen LogP contribution is 2.26. The summed E-state index contributed by atoms with van der Waals surface area (Å²) in [6.45, 7) is 0. The Labute approximate surface area is 257 Å². The van der Waals surface area contributed by atoms with Crippen LogP contribution in [0.2, 0.25) is 0 Å². The normalized spacial score (nSPS) is 10.4. The van der Waals surface area contributed by atoms with Gasteiger partial charge in [0.05, 0.1) is 11.1 Å². The van der Waals surface area contributed by atoms with E-state index in [1.54, 1.807) is 97.1 Å². The molecule has 0 unspecified atom stereocenters. The van der Waals surface area contributed by atoms with E-state index < -0.39 is 17.6 Å². The maximum Gasteiger partial charge on any atom is 0.259 e. The van der Waals surface area contributed by atoms with Crippen molar-refractivity contribution in [3.63, 3.8) is 0 Å². The summed E-state index contributed by atoms with van der Waals surface area (Å²) in [7, 11) is 0. The van der Waals surface area contributed by atoms with Crippen molar-refractivity contribution in [2.24, 2.45) is 0 Å². The van der Waals surface area contributed by atoms with Gasteiger partial charge in [-0.1, -0.05) is 18.2 Å². The molecule has 0 saturated carbocycles. The minimum absolute atomic E-state index is 0.136. The van der Waals surface area contributed by atoms with Crippen molar-refractivity contribution in [3.8, 4) is 5.75 Å². The van der Waals surface area contributed by atoms with Crippen LogP contribution in [-0.2, 0) is 0 Å². The molecule has 5 aromatic carbocycles. The fraction of sp³-hybridized carbons (Fsp3) is 0. The Bertz CT molecular complexity index is 1770. The molecule has 0 saturated heterocycles. The topological polar surface area (TPSA) is 189 Å². The molecular weight excluding hydrogens is 572 g/mol. The highest BCUT2D eigenvalue weighted by Gasteiger charge is 2.19. The van der Waals surface area contributed by atoms with E-state index in [9.17, 15) is 24.3 Å². The number of hydrogen-bond acceptors (Lipinski definition) is 7. The number of nitrogens with two attached hydrogens (primary N) is 2. The Balaban J connectivity index is 1.24. The van der Waals surface area contributed by atoms with Gasteiger partial charge in [-0.2, -0.15) is 0 Å². The number of para-hydroxylation sites is 1. The number of benzene rings is 5. The number of rotatable bonds is 8. The lowest BCUT2D eigenvalue weighted by atomic mass is 10.1. The van der Waals surface area contributed by atoms with Crippen LogP contribution in [0.1, 0.15) is 41.4 Å². The highest BCUT2D eigenvalue weighted by molar-refractivity contribution is 6.12. The zero-order valence-corrected chi connectivity index (χ0v) is 23.7. The molecule has 0 heterocycles. The maximum atomic E-state index is 13.1. The van der Waals surface area contributed by atoms with Crippen LogP contribution in [0.3, 0.4) is 0 Å². The smallest absolute Gasteiger partial charge is 0.259 e. The zero-order valence-electron chi connectivity index (χ0n) is 23.7. The minimum atomic E-state index is -0.670. The number of amides is 4. The summed E-state index contributed by atoms with van der Waals surface area (Å²) in [5, 5.41) is 21.7. The summed E-state index contributed by atoms with van der Waals surface area (Å²) in [5.74, 6) is -2.57. The molecule has 0 spiro atoms. The second-order valence-corrected chi connectivity index (χ2v) is 9.92. The maximum absolute atomic E-state index is 13.1. The molecule has 45 heavy (non-hydrogen) atoms. The predicted octanol–water partition coefficient (Wildman–Crippen LogP) is 5.57. The minimum Gasteiger partial charge on any atom is -0.506 e. The van der Waals surface area contributed by atoms with Gasteiger partial charge in [0.2, 0.25) is 0 Å². The van der Waals surface area contributed by atoms with Gasteiger partial charge in [0.15, 0.2) is 0 Å². The third-order valence-corrected chi connectivity index (χ3v) is 6.63. The number of aromatic hydroxyl groups is 1. The Kier molecular flexibility index (Phi) is 8.71. The summed E-state index contributed by atoms with van der Waals surface area (Å²) in [6.07, 6.45) is 0. The molecule has 0 aliphatic rings. The van der Waals surface area contributed by atoms with Crippen LogP contribution in [0.5, 0.6) is 5.75 Å². The molecule has 0 atom stereocenters. The second kappa shape index (κ2) is 13.1. The van der Waals surface area contributed by atoms with Crippen LogP contribution < -0.4 is 32.7 Å². The predicted molar refractivity (Wildman–Crippen MR) is 175 cm³/mol. The van der Waals surface area contributed by atoms with Crippen molar-refractivity contribution in [3.05, 3.63) is 138 Å². The molecule has 5 rings (SSSR count). The van der Waals surface area contributed by atoms with Crippen LogP contribution in [0.15, 0.2) is 115 Å². The average molecular weight is 601 g/mol. The van der Waals surface area contributed by atoms with Crippen LogP contribution in [-0.4, -0.2) is 28.7 Å². The Morgan fingerprint density at radius 2 is 0.756 bits per heavy atom. The molecule has 0 aromatic heterocycles. The summed E-state index contributed by atoms with van der Waals surface area (Å²) in [6, 6.07) is 30.0. The van der Waals surface area contributed by atoms with Crippen LogP contribution in [0.25, 0.3) is 0 Å². The van der Waals surface area contributed by atoms with Gasteiger partial charge in [-0.3, -0.25) is 19.2 Å². The van der Waals surface area contributed by atoms with Crippen molar-refractivity contribution in [1.29, 1.82) is 0 Å². The van der Waals surface area contributed by atoms with E-state index in [2.05, 4.69) is 21.3 Å². The van der Waals surface area contributed by atoms with Crippen LogP contribution in [0.4, 0.5) is 34.1 Å². The van der Waals surface area contributed by atoms with Gasteiger partial charge < -0.3 is 37.8 Å². The van der Waals surface area contributed by atoms with Gasteiger partial charge in [0.25, 0.3) is 23.6 Å². The van der Waals surface area contributed by atoms with Crippen molar-refractivity contribution in [1.82, 2.24) is 0 Å². The number of phenols is 1. The number of anilines is 6. The number of phenolic OH excluding ortho intramolecular Hbond substituents is 1. The molecule has 11 nitrogen and oxygen atoms in total. The number of carbonyl (C=O) groups is 4. The first-order valence-electron chi connectivity index (χ1n) is 13.6. The molecule has 4 amide bonds. The first-order chi connectivity index (χ1) is 21.7. The van der Waals surface area contributed by atoms with Gasteiger partial charge in [0.1, 0.15) is 5.75 Å². The molecule has 0 aliphatic carbocycles. The van der Waals surface area contributed by atoms with Gasteiger partial charge >= 0.3 is 0 Å². The van der Waals surface area contributed by atoms with Crippen molar-refractivity contribution in [2.75, 3.05) is 32.7 Å². The first-order valence-corrected chi connectivity index (χ1v) is 13.6. The largest absolute Gasteiger partial charge is 0.506 e. The summed E-state index contributed by atoms with van der Waals surface area (Å²) in [5.41, 5.74) is 14.5. The molecule has 11 heteroatoms. The molecule has 9 N–H and O–H groups in total. The summed E-state index contributed by atoms with van der Waals surface area (Å²) in [4.78, 5) is 51.3. The monoisotopic (exact) mass is 600 g/mol. The van der Waals surface area contributed by atoms with E-state index in [1.165, 1.54) is 18.2 Å². The first kappa shape index (κ1) is 29.9. The highest BCUT2D eigenvalue weighted by atomic mass is 16.3. The van der Waals surface area contributed by atoms with E-state index in [4.69, 9.17) is 11.5 Å². The fourth-order valence-corrected chi connectivity index (χ4v) is 4.33. The Morgan fingerprint density at radius 3 is 1.11 bits per heavy atom. The molecule has 0 radical (unpaired) electrons. The van der Waals surface area contributed by atoms with E-state index in [0.29, 0.717) is 45.3 Å². The quantitative estimate of drug-likeness (QED) is 0.113. The Morgan fingerprint density at radius 1 is 0.444 bits per heavy atom. The number of nitrogens with one attached hydrogen (secondary N) is 4. The van der Waals surface area contributed by atoms with E-state index in [-0.39, 0.29) is 22.9 Å². The molecule has 5 aromatic rings. The number of carbonyl (C=O) groups excluding carboxylic acids is 4. The molecule has 0 aliphatic heterocycles. The van der Waals surface area contributed by atoms with Crippen molar-refractivity contribution >= 4 is 57.8 Å². The number of nitrogen functional groups attached to an aromatic ring is 2. The average Bonchev–Trinajstić information content (AvgIpc) is 3.02. The lowest BCUT2D eigenvalue weighted by Crippen LogP contribution is -2.17. The SMILES string of the molecule is Nc1ccc(C(=O)Nc2cccc(NC(=O)c3cccc(C(=O)Nc4cccc(NC(=O)c5ccc(N)cc5)c4)c3O)c2)cc1. The molecule has 0 bridgehead atoms. The van der Waals surface area contributed by atoms with E-state index in [1.807, 2.05) is 0 Å². The van der Waals surface area contributed by atoms with Crippen molar-refractivity contribution in [2.45, 2.75) is 0 Å². The molecule has 0 fully saturated rings. The lowest BCUT2D eigenvalue weighted by molar-refractivity contribution is 0.101. The third kappa shape index (κ3) is 7.43. The van der Waals surface area contributed by atoms with Crippen molar-refractivity contribution < 1.29 is 24.3 Å². The number of hydrogen-bond donors (Lipinski definition) is 7. The van der Waals surface area contributed by atoms with E-state index >= 15 is 0 Å². The Hall–Kier alpha value is -6.62. The van der Waals surface area contributed by atoms with Crippen LogP contribution in [0, 0.1) is 0 Å². The van der Waals surface area contributed by atoms with Gasteiger partial charge in [-0.05, 0) is 97.1 Å². The lowest BCUT2D eigenvalue weighted by Gasteiger charge is -2.12. The summed E-state index contributed by atoms with van der Waals surface area (Å²) >= 11 is 0. The summed E-state index contributed by atoms with van der Waals surface area (Å²) < 4.78 is 0. The zero-order chi connectivity index (χ0) is 31.9. The molecular formula is C34H28N6O5. The van der Waals surface area contributed by atoms with Gasteiger partial charge in [-0.25, -0.2) is 0 Å². The molecule has 224 valence electrons. The second-order valence-electron chi connectivity index (χ2n) is 9.92. The van der Waals surface area contributed by atoms with E-state index in [0.717, 1.165) is 0 Å². The van der Waals surface area contributed by atoms with Gasteiger partial charge in [0, 0.05) is 45.3 Å². The van der Waals surface area contributed by atoms with Gasteiger partial charge in [-0.15, -0.1) is 0 Å². The van der Waals surface area contributed by atoms with Crippen LogP contribution >= 0.6 is 0 Å². The fourth-order valence-electron chi connectivity index (χ4n) is 4.33. The third-order valence-electron chi connectivity index (χ3n) is 6.63. The standard InChI is InChI=1S/C34H28N6O5/c35-22-14-10-20(11-15-22)31(42)37-24-4-1-6-26(18-24)39-33(44)28-8-3-9-29(30(28)41)34(45)40-27-7-2-5-25(19-27)38-32(43)21-12-16-23(36)17-13-21/h1-19,41H,35-36H2,(H,37,42)(H,38,43)(H,39,44)(H,40,45).